The van der Waals surface area contributed by atoms with Crippen molar-refractivity contribution in [1.29, 1.82) is 0 Å². The van der Waals surface area contributed by atoms with E-state index in [1.165, 1.54) is 154 Å². The Bertz CT molecular complexity index is 581. The summed E-state index contributed by atoms with van der Waals surface area (Å²) in [6.07, 6.45) is 40.7. The predicted octanol–water partition coefficient (Wildman–Crippen LogP) is 13.0. The summed E-state index contributed by atoms with van der Waals surface area (Å²) in [5.41, 5.74) is 0. The number of aliphatic hydroxyl groups is 1. The standard InChI is InChI=1S/C42H83NO3/c1-5-9-12-15-20-25-31-40(32-26-21-16-13-10-6-2)33-27-22-18-19-24-29-36-43(38-39-44)37-30-35-42(45)46-41(8-4)34-28-23-17-14-11-7-3/h33,36,40-41,44H,5-32,34-35,37-39H2,1-4H3. The fourth-order valence-electron chi connectivity index (χ4n) is 6.62. The minimum absolute atomic E-state index is 0.0558. The lowest BCUT2D eigenvalue weighted by molar-refractivity contribution is -0.149. The van der Waals surface area contributed by atoms with E-state index in [9.17, 15) is 9.90 Å². The molecule has 0 saturated carbocycles. The molecule has 1 N–H and O–H groups in total. The summed E-state index contributed by atoms with van der Waals surface area (Å²) in [5, 5.41) is 9.54. The largest absolute Gasteiger partial charge is 0.462 e. The molecule has 0 bridgehead atoms. The van der Waals surface area contributed by atoms with Gasteiger partial charge in [-0.1, -0.05) is 175 Å². The molecule has 0 saturated heterocycles. The van der Waals surface area contributed by atoms with E-state index in [2.05, 4.69) is 45.6 Å². The van der Waals surface area contributed by atoms with E-state index in [-0.39, 0.29) is 18.7 Å². The van der Waals surface area contributed by atoms with E-state index in [1.54, 1.807) is 0 Å². The van der Waals surface area contributed by atoms with Crippen molar-refractivity contribution in [3.63, 3.8) is 0 Å². The van der Waals surface area contributed by atoms with Gasteiger partial charge in [0.2, 0.25) is 0 Å². The van der Waals surface area contributed by atoms with Gasteiger partial charge in [-0.15, -0.1) is 0 Å². The first-order valence-corrected chi connectivity index (χ1v) is 20.8. The topological polar surface area (TPSA) is 49.8 Å². The number of unbranched alkanes of at least 4 members (excludes halogenated alkanes) is 20. The van der Waals surface area contributed by atoms with Gasteiger partial charge in [-0.25, -0.2) is 0 Å². The Morgan fingerprint density at radius 2 is 1.07 bits per heavy atom. The fraction of sp³-hybridized carbons (Fsp3) is 0.929. The van der Waals surface area contributed by atoms with Crippen molar-refractivity contribution in [2.24, 2.45) is 5.92 Å². The molecule has 4 heteroatoms. The highest BCUT2D eigenvalue weighted by molar-refractivity contribution is 5.69. The van der Waals surface area contributed by atoms with Crippen LogP contribution in [-0.4, -0.2) is 41.8 Å². The first-order chi connectivity index (χ1) is 22.6. The normalized spacial score (nSPS) is 12.4. The molecule has 0 spiro atoms. The van der Waals surface area contributed by atoms with Gasteiger partial charge >= 0.3 is 5.97 Å². The van der Waals surface area contributed by atoms with Crippen LogP contribution in [0.15, 0.2) is 0 Å². The highest BCUT2D eigenvalue weighted by Gasteiger charge is 2.14. The molecule has 274 valence electrons. The Hall–Kier alpha value is -0.610. The van der Waals surface area contributed by atoms with Gasteiger partial charge in [0.05, 0.1) is 6.61 Å². The predicted molar refractivity (Wildman–Crippen MR) is 202 cm³/mol. The maximum absolute atomic E-state index is 12.5. The van der Waals surface area contributed by atoms with E-state index in [0.717, 1.165) is 44.6 Å². The van der Waals surface area contributed by atoms with Crippen LogP contribution in [0, 0.1) is 18.9 Å². The van der Waals surface area contributed by atoms with Crippen molar-refractivity contribution < 1.29 is 14.6 Å². The Morgan fingerprint density at radius 1 is 0.587 bits per heavy atom. The van der Waals surface area contributed by atoms with Crippen LogP contribution in [0.3, 0.4) is 0 Å². The van der Waals surface area contributed by atoms with Crippen LogP contribution >= 0.6 is 0 Å². The first-order valence-electron chi connectivity index (χ1n) is 20.8. The molecule has 0 fully saturated rings. The molecule has 4 nitrogen and oxygen atoms in total. The second kappa shape index (κ2) is 37.2. The molecular formula is C42H83NO3. The van der Waals surface area contributed by atoms with Gasteiger partial charge in [-0.3, -0.25) is 9.69 Å². The van der Waals surface area contributed by atoms with Crippen molar-refractivity contribution in [2.45, 2.75) is 226 Å². The Balaban J connectivity index is 4.09. The number of rotatable bonds is 38. The summed E-state index contributed by atoms with van der Waals surface area (Å²) in [4.78, 5) is 14.7. The maximum Gasteiger partial charge on any atom is 0.306 e. The third-order valence-electron chi connectivity index (χ3n) is 9.75. The van der Waals surface area contributed by atoms with Gasteiger partial charge in [-0.05, 0) is 57.4 Å². The minimum atomic E-state index is -0.0558. The molecule has 0 aliphatic rings. The molecule has 0 heterocycles. The van der Waals surface area contributed by atoms with Crippen LogP contribution in [-0.2, 0) is 9.53 Å². The van der Waals surface area contributed by atoms with Crippen LogP contribution < -0.4 is 0 Å². The summed E-state index contributed by atoms with van der Waals surface area (Å²) in [6, 6.07) is 0. The van der Waals surface area contributed by atoms with Crippen molar-refractivity contribution in [1.82, 2.24) is 4.90 Å². The molecule has 0 aliphatic heterocycles. The highest BCUT2D eigenvalue weighted by Crippen LogP contribution is 2.24. The fourth-order valence-corrected chi connectivity index (χ4v) is 6.62. The number of hydrogen-bond donors (Lipinski definition) is 1. The van der Waals surface area contributed by atoms with Crippen LogP contribution in [0.25, 0.3) is 0 Å². The molecule has 0 aromatic carbocycles. The van der Waals surface area contributed by atoms with Gasteiger partial charge in [0.1, 0.15) is 6.10 Å². The number of ether oxygens (including phenoxy) is 1. The lowest BCUT2D eigenvalue weighted by Crippen LogP contribution is -2.26. The molecule has 0 rings (SSSR count). The summed E-state index contributed by atoms with van der Waals surface area (Å²) < 4.78 is 5.78. The molecule has 2 radical (unpaired) electrons. The monoisotopic (exact) mass is 650 g/mol. The maximum atomic E-state index is 12.5. The Kier molecular flexibility index (Phi) is 36.7. The highest BCUT2D eigenvalue weighted by atomic mass is 16.5. The zero-order valence-corrected chi connectivity index (χ0v) is 31.9. The second-order valence-corrected chi connectivity index (χ2v) is 14.2. The Labute approximate surface area is 290 Å². The lowest BCUT2D eigenvalue weighted by atomic mass is 9.89. The average molecular weight is 650 g/mol. The zero-order chi connectivity index (χ0) is 33.8. The summed E-state index contributed by atoms with van der Waals surface area (Å²) >= 11 is 0. The van der Waals surface area contributed by atoms with Crippen molar-refractivity contribution in [2.75, 3.05) is 19.7 Å². The van der Waals surface area contributed by atoms with E-state index in [0.29, 0.717) is 13.0 Å². The van der Waals surface area contributed by atoms with Crippen LogP contribution in [0.2, 0.25) is 0 Å². The third kappa shape index (κ3) is 32.0. The smallest absolute Gasteiger partial charge is 0.306 e. The van der Waals surface area contributed by atoms with Crippen LogP contribution in [0.4, 0.5) is 0 Å². The second-order valence-electron chi connectivity index (χ2n) is 14.2. The van der Waals surface area contributed by atoms with E-state index in [1.807, 2.05) is 0 Å². The number of hydrogen-bond acceptors (Lipinski definition) is 4. The summed E-state index contributed by atoms with van der Waals surface area (Å²) in [7, 11) is 0. The number of carbonyl (C=O) groups is 1. The SMILES string of the molecule is CCCCCCCCC([CH]CCCCCC[CH]N(CCO)CCCC(=O)OC(CC)CCCCCCCC)CCCCCCCC. The molecule has 1 unspecified atom stereocenters. The first kappa shape index (κ1) is 45.4. The number of esters is 1. The summed E-state index contributed by atoms with van der Waals surface area (Å²) in [6.45, 7) is 12.9. The van der Waals surface area contributed by atoms with Crippen molar-refractivity contribution >= 4 is 5.97 Å². The molecule has 0 amide bonds. The molecular weight excluding hydrogens is 566 g/mol. The van der Waals surface area contributed by atoms with Gasteiger partial charge in [0, 0.05) is 19.5 Å². The molecule has 0 aliphatic carbocycles. The average Bonchev–Trinajstić information content (AvgIpc) is 3.05. The van der Waals surface area contributed by atoms with Crippen molar-refractivity contribution in [3.8, 4) is 0 Å². The van der Waals surface area contributed by atoms with Gasteiger partial charge < -0.3 is 9.84 Å². The zero-order valence-electron chi connectivity index (χ0n) is 31.9. The number of aliphatic hydroxyl groups excluding tert-OH is 1. The molecule has 46 heavy (non-hydrogen) atoms. The lowest BCUT2D eigenvalue weighted by Gasteiger charge is -2.21. The molecule has 1 atom stereocenters. The van der Waals surface area contributed by atoms with Crippen LogP contribution in [0.1, 0.15) is 220 Å². The third-order valence-corrected chi connectivity index (χ3v) is 9.75. The minimum Gasteiger partial charge on any atom is -0.462 e. The van der Waals surface area contributed by atoms with E-state index >= 15 is 0 Å². The molecule has 0 aromatic rings. The van der Waals surface area contributed by atoms with E-state index < -0.39 is 0 Å². The summed E-state index contributed by atoms with van der Waals surface area (Å²) in [5.74, 6) is 0.781. The Morgan fingerprint density at radius 3 is 1.59 bits per heavy atom. The number of carbonyl (C=O) groups excluding carboxylic acids is 1. The molecule has 0 aromatic heterocycles. The van der Waals surface area contributed by atoms with Gasteiger partial charge in [-0.2, -0.15) is 0 Å². The van der Waals surface area contributed by atoms with Crippen molar-refractivity contribution in [3.05, 3.63) is 13.0 Å². The van der Waals surface area contributed by atoms with Crippen LogP contribution in [0.5, 0.6) is 0 Å². The van der Waals surface area contributed by atoms with E-state index in [4.69, 9.17) is 4.74 Å². The van der Waals surface area contributed by atoms with Gasteiger partial charge in [0.25, 0.3) is 0 Å². The van der Waals surface area contributed by atoms with Gasteiger partial charge in [0.15, 0.2) is 0 Å². The number of nitrogens with zero attached hydrogens (tertiary/aromatic N) is 1. The quantitative estimate of drug-likeness (QED) is 0.0534.